The normalized spacial score (nSPS) is 12.7. The van der Waals surface area contributed by atoms with Gasteiger partial charge in [-0.25, -0.2) is 21.6 Å². The molecule has 0 unspecified atom stereocenters. The summed E-state index contributed by atoms with van der Waals surface area (Å²) in [4.78, 5) is 0. The van der Waals surface area contributed by atoms with Gasteiger partial charge in [-0.05, 0) is 43.5 Å². The molecule has 0 fully saturated rings. The molecule has 0 aliphatic rings. The number of nitrogens with one attached hydrogen (secondary N) is 2. The summed E-state index contributed by atoms with van der Waals surface area (Å²) in [5.41, 5.74) is 1.66. The van der Waals surface area contributed by atoms with E-state index in [1.807, 2.05) is 13.0 Å². The number of anilines is 1. The first kappa shape index (κ1) is 21.4. The van der Waals surface area contributed by atoms with Gasteiger partial charge in [0.1, 0.15) is 4.75 Å². The van der Waals surface area contributed by atoms with Crippen molar-refractivity contribution in [3.05, 3.63) is 65.7 Å². The third-order valence-electron chi connectivity index (χ3n) is 4.27. The summed E-state index contributed by atoms with van der Waals surface area (Å²) in [6, 6.07) is 15.3. The van der Waals surface area contributed by atoms with Crippen molar-refractivity contribution in [2.45, 2.75) is 37.7 Å². The molecule has 0 bridgehead atoms. The highest BCUT2D eigenvalue weighted by atomic mass is 32.2. The van der Waals surface area contributed by atoms with Gasteiger partial charge in [0.25, 0.3) is 0 Å². The molecule has 6 nitrogen and oxygen atoms in total. The van der Waals surface area contributed by atoms with Gasteiger partial charge in [-0.2, -0.15) is 0 Å². The van der Waals surface area contributed by atoms with Crippen LogP contribution in [0.1, 0.15) is 38.3 Å². The first-order valence-corrected chi connectivity index (χ1v) is 11.8. The van der Waals surface area contributed by atoms with Gasteiger partial charge < -0.3 is 0 Å². The topological polar surface area (TPSA) is 92.3 Å². The van der Waals surface area contributed by atoms with Gasteiger partial charge in [0, 0.05) is 12.2 Å². The molecule has 2 rings (SSSR count). The summed E-state index contributed by atoms with van der Waals surface area (Å²) >= 11 is 0. The number of sulfonamides is 2. The fraction of sp³-hybridized carbons (Fsp3) is 0.368. The molecule has 0 heterocycles. The van der Waals surface area contributed by atoms with Crippen LogP contribution in [0, 0.1) is 0 Å². The Morgan fingerprint density at radius 3 is 2.04 bits per heavy atom. The Morgan fingerprint density at radius 2 is 1.48 bits per heavy atom. The van der Waals surface area contributed by atoms with E-state index in [9.17, 15) is 16.8 Å². The summed E-state index contributed by atoms with van der Waals surface area (Å²) < 4.78 is 53.6. The molecule has 0 aromatic heterocycles. The van der Waals surface area contributed by atoms with Gasteiger partial charge in [0.05, 0.1) is 5.75 Å². The zero-order chi connectivity index (χ0) is 20.1. The number of hydrogen-bond acceptors (Lipinski definition) is 4. The minimum absolute atomic E-state index is 0.129. The Morgan fingerprint density at radius 1 is 0.889 bits per heavy atom. The highest BCUT2D eigenvalue weighted by Gasteiger charge is 2.35. The first-order valence-electron chi connectivity index (χ1n) is 8.71. The molecule has 0 radical (unpaired) electrons. The van der Waals surface area contributed by atoms with Crippen LogP contribution >= 0.6 is 0 Å². The smallest absolute Gasteiger partial charge is 0.236 e. The highest BCUT2D eigenvalue weighted by Crippen LogP contribution is 2.30. The zero-order valence-corrected chi connectivity index (χ0v) is 17.4. The first-order chi connectivity index (χ1) is 12.6. The molecule has 0 amide bonds. The predicted octanol–water partition coefficient (Wildman–Crippen LogP) is 3.19. The van der Waals surface area contributed by atoms with E-state index in [0.717, 1.165) is 0 Å². The van der Waals surface area contributed by atoms with E-state index in [1.165, 1.54) is 0 Å². The summed E-state index contributed by atoms with van der Waals surface area (Å²) in [5, 5.41) is 0. The molecule has 148 valence electrons. The lowest BCUT2D eigenvalue weighted by Crippen LogP contribution is -2.40. The molecule has 2 N–H and O–H groups in total. The maximum atomic E-state index is 12.5. The fourth-order valence-corrected chi connectivity index (χ4v) is 5.00. The van der Waals surface area contributed by atoms with Crippen LogP contribution in [0.2, 0.25) is 0 Å². The quantitative estimate of drug-likeness (QED) is 0.664. The van der Waals surface area contributed by atoms with Crippen LogP contribution in [-0.2, 0) is 30.5 Å². The average Bonchev–Trinajstić information content (AvgIpc) is 2.60. The summed E-state index contributed by atoms with van der Waals surface area (Å²) in [5.74, 6) is -0.129. The van der Waals surface area contributed by atoms with Gasteiger partial charge in [-0.15, -0.1) is 0 Å². The molecule has 0 spiro atoms. The molecule has 27 heavy (non-hydrogen) atoms. The van der Waals surface area contributed by atoms with Gasteiger partial charge in [0.15, 0.2) is 0 Å². The zero-order valence-electron chi connectivity index (χ0n) is 15.8. The Bertz CT molecular complexity index is 953. The van der Waals surface area contributed by atoms with Crippen LogP contribution in [0.25, 0.3) is 0 Å². The van der Waals surface area contributed by atoms with Crippen LogP contribution in [0.15, 0.2) is 54.6 Å². The molecular formula is C19H26N2O4S2. The van der Waals surface area contributed by atoms with E-state index in [0.29, 0.717) is 29.8 Å². The van der Waals surface area contributed by atoms with E-state index in [4.69, 9.17) is 0 Å². The van der Waals surface area contributed by atoms with Crippen molar-refractivity contribution in [2.24, 2.45) is 0 Å². The maximum absolute atomic E-state index is 12.5. The van der Waals surface area contributed by atoms with Crippen molar-refractivity contribution in [3.63, 3.8) is 0 Å². The van der Waals surface area contributed by atoms with Crippen molar-refractivity contribution in [1.82, 2.24) is 4.72 Å². The molecule has 0 saturated carbocycles. The third kappa shape index (κ3) is 5.54. The maximum Gasteiger partial charge on any atom is 0.236 e. The molecule has 2 aromatic carbocycles. The Labute approximate surface area is 162 Å². The lowest BCUT2D eigenvalue weighted by molar-refractivity contribution is 0.539. The lowest BCUT2D eigenvalue weighted by atomic mass is 10.0. The fourth-order valence-electron chi connectivity index (χ4n) is 2.52. The lowest BCUT2D eigenvalue weighted by Gasteiger charge is -2.26. The van der Waals surface area contributed by atoms with Gasteiger partial charge in [0.2, 0.25) is 20.0 Å². The van der Waals surface area contributed by atoms with Gasteiger partial charge in [-0.3, -0.25) is 4.72 Å². The van der Waals surface area contributed by atoms with Crippen LogP contribution in [0.3, 0.4) is 0 Å². The predicted molar refractivity (Wildman–Crippen MR) is 109 cm³/mol. The van der Waals surface area contributed by atoms with Crippen LogP contribution < -0.4 is 9.44 Å². The van der Waals surface area contributed by atoms with E-state index in [2.05, 4.69) is 9.44 Å². The van der Waals surface area contributed by atoms with Crippen molar-refractivity contribution in [1.29, 1.82) is 0 Å². The molecule has 0 aliphatic carbocycles. The second-order valence-corrected chi connectivity index (χ2v) is 10.9. The molecule has 0 atom stereocenters. The summed E-state index contributed by atoms with van der Waals surface area (Å²) in [6.45, 7) is 5.52. The van der Waals surface area contributed by atoms with Crippen molar-refractivity contribution in [2.75, 3.05) is 11.3 Å². The second kappa shape index (κ2) is 8.41. The third-order valence-corrected chi connectivity index (χ3v) is 7.69. The molecule has 0 saturated heterocycles. The Balaban J connectivity index is 2.15. The summed E-state index contributed by atoms with van der Waals surface area (Å²) in [7, 11) is -7.11. The van der Waals surface area contributed by atoms with Gasteiger partial charge >= 0.3 is 0 Å². The molecular weight excluding hydrogens is 384 g/mol. The Kier molecular flexibility index (Phi) is 6.67. The summed E-state index contributed by atoms with van der Waals surface area (Å²) in [6.07, 6.45) is 0.706. The minimum Gasteiger partial charge on any atom is -0.283 e. The largest absolute Gasteiger partial charge is 0.283 e. The van der Waals surface area contributed by atoms with Crippen molar-refractivity contribution in [3.8, 4) is 0 Å². The molecule has 0 aliphatic heterocycles. The monoisotopic (exact) mass is 410 g/mol. The van der Waals surface area contributed by atoms with Crippen LogP contribution in [0.5, 0.6) is 0 Å². The van der Waals surface area contributed by atoms with Crippen molar-refractivity contribution >= 4 is 25.7 Å². The van der Waals surface area contributed by atoms with E-state index in [1.54, 1.807) is 62.4 Å². The van der Waals surface area contributed by atoms with Gasteiger partial charge in [-0.1, -0.05) is 49.4 Å². The highest BCUT2D eigenvalue weighted by molar-refractivity contribution is 7.92. The number of hydrogen-bond donors (Lipinski definition) is 2. The van der Waals surface area contributed by atoms with E-state index < -0.39 is 24.8 Å². The minimum atomic E-state index is -3.56. The van der Waals surface area contributed by atoms with Crippen LogP contribution in [0.4, 0.5) is 5.69 Å². The standard InChI is InChI=1S/C19H26N2O4S2/c1-4-14-20-27(24,25)19(2,3)17-10-12-18(13-11-17)21-26(22,23)15-16-8-6-5-7-9-16/h5-13,20-21H,4,14-15H2,1-3H3. The van der Waals surface area contributed by atoms with E-state index in [-0.39, 0.29) is 5.75 Å². The SMILES string of the molecule is CCCNS(=O)(=O)C(C)(C)c1ccc(NS(=O)(=O)Cc2ccccc2)cc1. The Hall–Kier alpha value is -1.90. The molecule has 2 aromatic rings. The molecule has 8 heteroatoms. The number of benzene rings is 2. The van der Waals surface area contributed by atoms with E-state index >= 15 is 0 Å². The van der Waals surface area contributed by atoms with Crippen LogP contribution in [-0.4, -0.2) is 23.4 Å². The second-order valence-electron chi connectivity index (χ2n) is 6.83. The average molecular weight is 411 g/mol. The number of rotatable bonds is 9. The van der Waals surface area contributed by atoms with Crippen molar-refractivity contribution < 1.29 is 16.8 Å².